The van der Waals surface area contributed by atoms with Gasteiger partial charge in [-0.2, -0.15) is 36.5 Å². The summed E-state index contributed by atoms with van der Waals surface area (Å²) in [5, 5.41) is 10.8. The van der Waals surface area contributed by atoms with Gasteiger partial charge in [-0.05, 0) is 80.7 Å². The van der Waals surface area contributed by atoms with E-state index in [0.717, 1.165) is 24.1 Å². The van der Waals surface area contributed by atoms with Crippen molar-refractivity contribution in [2.75, 3.05) is 23.8 Å². The van der Waals surface area contributed by atoms with Crippen molar-refractivity contribution in [3.8, 4) is 23.0 Å². The number of pyridine rings is 1. The molecule has 0 spiro atoms. The van der Waals surface area contributed by atoms with Gasteiger partial charge in [0.1, 0.15) is 42.2 Å². The molecule has 1 amide bonds. The van der Waals surface area contributed by atoms with Crippen LogP contribution in [0.3, 0.4) is 0 Å². The normalized spacial score (nSPS) is 21.2. The summed E-state index contributed by atoms with van der Waals surface area (Å²) in [6.07, 6.45) is -6.95. The number of hydrazone groups is 1. The van der Waals surface area contributed by atoms with Gasteiger partial charge in [0.05, 0.1) is 32.4 Å². The first-order valence-electron chi connectivity index (χ1n) is 18.2. The van der Waals surface area contributed by atoms with Crippen LogP contribution in [-0.4, -0.2) is 79.5 Å². The first-order valence-corrected chi connectivity index (χ1v) is 21.0. The Labute approximate surface area is 350 Å². The summed E-state index contributed by atoms with van der Waals surface area (Å²) in [5.74, 6) is -4.62. The molecule has 5 atom stereocenters. The van der Waals surface area contributed by atoms with Gasteiger partial charge in [0.15, 0.2) is 5.82 Å². The average molecular weight is 906 g/mol. The van der Waals surface area contributed by atoms with Crippen molar-refractivity contribution in [2.45, 2.75) is 68.3 Å². The maximum atomic E-state index is 15.5. The van der Waals surface area contributed by atoms with Crippen molar-refractivity contribution in [3.63, 3.8) is 0 Å². The molecule has 2 fully saturated rings. The minimum Gasteiger partial charge on any atom is -0.346 e. The molecule has 2 aromatic heterocycles. The standard InChI is InChI=1S/C39H34ClF10N7OS2/c1-36(2,59-3)10-9-21-5-6-22(23-7-8-26(40)30-32(23)57(17-37(43,44)45)54-35(30)55-60-4)31(51-21)27(13-18-11-19(41)14-20(42)12-18)52-28(58)16-56-34-29(33(53-56)39(48,49)50)24-15-25(24)38(34,46)47/h5-8,11-12,14,24-25,27,29,34H,13,15-17H2,1-4H3,(H,52,58)(H,54,55). The fraction of sp³-hybridized carbons (Fsp3) is 0.436. The monoisotopic (exact) mass is 905 g/mol. The Morgan fingerprint density at radius 3 is 2.35 bits per heavy atom. The van der Waals surface area contributed by atoms with E-state index in [0.29, 0.717) is 15.8 Å². The summed E-state index contributed by atoms with van der Waals surface area (Å²) in [4.78, 5) is 18.7. The molecule has 60 heavy (non-hydrogen) atoms. The molecule has 3 heterocycles. The highest BCUT2D eigenvalue weighted by Gasteiger charge is 2.76. The number of amides is 1. The van der Waals surface area contributed by atoms with Crippen LogP contribution in [0.4, 0.5) is 49.7 Å². The molecule has 0 saturated heterocycles. The number of alkyl halides is 8. The van der Waals surface area contributed by atoms with Crippen LogP contribution >= 0.6 is 35.3 Å². The number of anilines is 1. The number of thioether (sulfide) groups is 1. The molecule has 0 radical (unpaired) electrons. The van der Waals surface area contributed by atoms with Gasteiger partial charge < -0.3 is 10.0 Å². The first-order chi connectivity index (χ1) is 28.0. The number of rotatable bonds is 11. The van der Waals surface area contributed by atoms with Crippen LogP contribution in [-0.2, 0) is 17.8 Å². The third-order valence-electron chi connectivity index (χ3n) is 10.6. The average Bonchev–Trinajstić information content (AvgIpc) is 3.66. The predicted octanol–water partition coefficient (Wildman–Crippen LogP) is 9.68. The number of hydrogen-bond acceptors (Lipinski definition) is 8. The van der Waals surface area contributed by atoms with Crippen LogP contribution in [0.5, 0.6) is 0 Å². The summed E-state index contributed by atoms with van der Waals surface area (Å²) in [6, 6.07) is 4.76. The van der Waals surface area contributed by atoms with E-state index < -0.39 is 95.6 Å². The second-order valence-corrected chi connectivity index (χ2v) is 17.6. The number of carbonyl (C=O) groups excluding carboxylic acids is 1. The molecule has 8 nitrogen and oxygen atoms in total. The molecular weight excluding hydrogens is 872 g/mol. The Bertz CT molecular complexity index is 2430. The minimum atomic E-state index is -5.05. The maximum Gasteiger partial charge on any atom is 0.431 e. The highest BCUT2D eigenvalue weighted by atomic mass is 35.5. The van der Waals surface area contributed by atoms with E-state index in [-0.39, 0.29) is 56.2 Å². The summed E-state index contributed by atoms with van der Waals surface area (Å²) < 4.78 is 148. The van der Waals surface area contributed by atoms with Crippen LogP contribution in [0.1, 0.15) is 43.3 Å². The van der Waals surface area contributed by atoms with Crippen molar-refractivity contribution in [3.05, 3.63) is 76.1 Å². The van der Waals surface area contributed by atoms with Crippen LogP contribution in [0.2, 0.25) is 5.02 Å². The zero-order chi connectivity index (χ0) is 43.7. The van der Waals surface area contributed by atoms with E-state index in [1.54, 1.807) is 6.26 Å². The number of aromatic nitrogens is 3. The van der Waals surface area contributed by atoms with Crippen LogP contribution < -0.4 is 10.0 Å². The van der Waals surface area contributed by atoms with Crippen molar-refractivity contribution >= 4 is 63.7 Å². The lowest BCUT2D eigenvalue weighted by atomic mass is 9.92. The largest absolute Gasteiger partial charge is 0.431 e. The Kier molecular flexibility index (Phi) is 11.5. The topological polar surface area (TPSA) is 87.4 Å². The third kappa shape index (κ3) is 8.71. The Morgan fingerprint density at radius 1 is 1.03 bits per heavy atom. The molecule has 3 aliphatic rings. The fourth-order valence-electron chi connectivity index (χ4n) is 7.95. The SMILES string of the molecule is CSNc1nn(CC(F)(F)F)c2c(-c3ccc(C#CC(C)(C)SC)nc3C(Cc3cc(F)cc(F)c3)NC(=O)CN3N=C(C(F)(F)F)C4C5CC5C(F)(F)C43)ccc(Cl)c12. The highest BCUT2D eigenvalue weighted by Crippen LogP contribution is 2.66. The van der Waals surface area contributed by atoms with E-state index in [2.05, 4.69) is 32.1 Å². The fourth-order valence-corrected chi connectivity index (χ4v) is 8.68. The molecule has 0 bridgehead atoms. The van der Waals surface area contributed by atoms with E-state index in [4.69, 9.17) is 16.6 Å². The molecule has 4 aromatic rings. The smallest absolute Gasteiger partial charge is 0.346 e. The van der Waals surface area contributed by atoms with E-state index in [1.807, 2.05) is 20.1 Å². The van der Waals surface area contributed by atoms with Crippen molar-refractivity contribution in [1.82, 2.24) is 25.1 Å². The number of fused-ring (bicyclic) bond motifs is 4. The van der Waals surface area contributed by atoms with Gasteiger partial charge in [0.2, 0.25) is 5.91 Å². The van der Waals surface area contributed by atoms with Crippen molar-refractivity contribution in [1.29, 1.82) is 0 Å². The number of nitrogens with zero attached hydrogens (tertiary/aromatic N) is 5. The van der Waals surface area contributed by atoms with Gasteiger partial charge in [-0.15, -0.1) is 11.8 Å². The Hall–Kier alpha value is -4.35. The van der Waals surface area contributed by atoms with Crippen molar-refractivity contribution in [2.24, 2.45) is 22.9 Å². The van der Waals surface area contributed by atoms with Crippen LogP contribution in [0.25, 0.3) is 22.0 Å². The van der Waals surface area contributed by atoms with Crippen LogP contribution in [0.15, 0.2) is 47.6 Å². The Morgan fingerprint density at radius 2 is 1.72 bits per heavy atom. The van der Waals surface area contributed by atoms with E-state index >= 15 is 8.78 Å². The first kappa shape index (κ1) is 43.7. The number of carbonyl (C=O) groups is 1. The van der Waals surface area contributed by atoms with E-state index in [9.17, 15) is 39.9 Å². The number of halogens is 11. The zero-order valence-electron chi connectivity index (χ0n) is 31.9. The van der Waals surface area contributed by atoms with E-state index in [1.165, 1.54) is 36.0 Å². The third-order valence-corrected chi connectivity index (χ3v) is 12.4. The van der Waals surface area contributed by atoms with Crippen LogP contribution in [0, 0.1) is 41.2 Å². The quantitative estimate of drug-likeness (QED) is 0.0881. The van der Waals surface area contributed by atoms with Gasteiger partial charge in [-0.1, -0.05) is 35.5 Å². The summed E-state index contributed by atoms with van der Waals surface area (Å²) in [5.41, 5.74) is -1.40. The lowest BCUT2D eigenvalue weighted by Gasteiger charge is -2.30. The molecule has 7 rings (SSSR count). The highest BCUT2D eigenvalue weighted by molar-refractivity contribution is 8.00. The molecule has 1 aliphatic heterocycles. The predicted molar refractivity (Wildman–Crippen MR) is 211 cm³/mol. The van der Waals surface area contributed by atoms with Gasteiger partial charge in [-0.3, -0.25) is 14.5 Å². The van der Waals surface area contributed by atoms with Gasteiger partial charge in [0.25, 0.3) is 5.92 Å². The molecule has 21 heteroatoms. The van der Waals surface area contributed by atoms with Gasteiger partial charge in [0, 0.05) is 35.3 Å². The number of nitrogens with one attached hydrogen (secondary N) is 2. The molecule has 2 saturated carbocycles. The second kappa shape index (κ2) is 15.8. The molecule has 2 N–H and O–H groups in total. The molecular formula is C39H34ClF10N7OS2. The molecule has 2 aliphatic carbocycles. The summed E-state index contributed by atoms with van der Waals surface area (Å²) in [6.45, 7) is 1.03. The molecule has 2 aromatic carbocycles. The summed E-state index contributed by atoms with van der Waals surface area (Å²) in [7, 11) is 0. The zero-order valence-corrected chi connectivity index (χ0v) is 34.3. The second-order valence-electron chi connectivity index (χ2n) is 15.2. The molecule has 5 unspecified atom stereocenters. The minimum absolute atomic E-state index is 0.00553. The van der Waals surface area contributed by atoms with Gasteiger partial charge >= 0.3 is 12.4 Å². The Balaban J connectivity index is 1.39. The number of benzene rings is 2. The molecule has 320 valence electrons. The lowest BCUT2D eigenvalue weighted by Crippen LogP contribution is -2.49. The number of hydrogen-bond donors (Lipinski definition) is 2. The maximum absolute atomic E-state index is 15.5. The lowest BCUT2D eigenvalue weighted by molar-refractivity contribution is -0.141. The summed E-state index contributed by atoms with van der Waals surface area (Å²) >= 11 is 9.03. The van der Waals surface area contributed by atoms with Crippen molar-refractivity contribution < 1.29 is 48.7 Å². The van der Waals surface area contributed by atoms with Gasteiger partial charge in [-0.25, -0.2) is 22.5 Å².